The van der Waals surface area contributed by atoms with E-state index in [-0.39, 0.29) is 23.1 Å². The number of nitrogens with one attached hydrogen (secondary N) is 2. The van der Waals surface area contributed by atoms with Crippen molar-refractivity contribution in [1.29, 1.82) is 0 Å². The number of thiophene rings is 1. The Morgan fingerprint density at radius 3 is 2.51 bits per heavy atom. The topological polar surface area (TPSA) is 138 Å². The van der Waals surface area contributed by atoms with Gasteiger partial charge in [-0.2, -0.15) is 0 Å². The van der Waals surface area contributed by atoms with Gasteiger partial charge in [-0.05, 0) is 55.5 Å². The van der Waals surface area contributed by atoms with E-state index in [0.29, 0.717) is 44.0 Å². The van der Waals surface area contributed by atoms with Crippen LogP contribution in [0.15, 0.2) is 52.3 Å². The summed E-state index contributed by atoms with van der Waals surface area (Å²) >= 11 is 1.44. The van der Waals surface area contributed by atoms with E-state index in [9.17, 15) is 24.5 Å². The van der Waals surface area contributed by atoms with Crippen LogP contribution in [0.25, 0.3) is 0 Å². The van der Waals surface area contributed by atoms with Gasteiger partial charge in [0.25, 0.3) is 5.69 Å². The first kappa shape index (κ1) is 28.5. The number of Topliss-reactive ketones (excluding diaryl/α,β-unsaturated/α-hetero) is 1. The number of hydrogen-bond donors (Lipinski definition) is 2. The Kier molecular flexibility index (Phi) is 8.22. The molecule has 0 spiro atoms. The van der Waals surface area contributed by atoms with Crippen molar-refractivity contribution in [2.45, 2.75) is 38.8 Å². The number of piperazine rings is 1. The fraction of sp³-hybridized carbons (Fsp3) is 0.414. The predicted molar refractivity (Wildman–Crippen MR) is 153 cm³/mol. The molecule has 3 amide bonds. The summed E-state index contributed by atoms with van der Waals surface area (Å²) in [5.41, 5.74) is 1.14. The molecule has 2 aliphatic rings. The summed E-state index contributed by atoms with van der Waals surface area (Å²) in [6, 6.07) is 8.70. The lowest BCUT2D eigenvalue weighted by molar-refractivity contribution is -0.385. The van der Waals surface area contributed by atoms with Gasteiger partial charge in [-0.15, -0.1) is 11.3 Å². The summed E-state index contributed by atoms with van der Waals surface area (Å²) in [4.78, 5) is 58.1. The minimum Gasteiger partial charge on any atom is -0.458 e. The van der Waals surface area contributed by atoms with Crippen LogP contribution in [0, 0.1) is 29.9 Å². The van der Waals surface area contributed by atoms with Gasteiger partial charge in [0.1, 0.15) is 11.8 Å². The van der Waals surface area contributed by atoms with Crippen LogP contribution in [0.3, 0.4) is 0 Å². The van der Waals surface area contributed by atoms with Gasteiger partial charge >= 0.3 is 6.03 Å². The molecule has 4 heterocycles. The van der Waals surface area contributed by atoms with Crippen LogP contribution in [-0.4, -0.2) is 71.2 Å². The molecule has 4 atom stereocenters. The minimum absolute atomic E-state index is 0.119. The Labute approximate surface area is 241 Å². The van der Waals surface area contributed by atoms with Crippen molar-refractivity contribution in [1.82, 2.24) is 20.4 Å². The molecule has 0 aliphatic carbocycles. The van der Waals surface area contributed by atoms with Crippen LogP contribution in [0.1, 0.15) is 51.2 Å². The van der Waals surface area contributed by atoms with Gasteiger partial charge in [-0.25, -0.2) is 4.79 Å². The van der Waals surface area contributed by atoms with E-state index in [1.807, 2.05) is 18.4 Å². The maximum Gasteiger partial charge on any atom is 0.318 e. The van der Waals surface area contributed by atoms with Gasteiger partial charge in [-0.1, -0.05) is 12.1 Å². The molecule has 12 heteroatoms. The zero-order valence-corrected chi connectivity index (χ0v) is 24.0. The third kappa shape index (κ3) is 5.36. The number of rotatable bonds is 7. The smallest absolute Gasteiger partial charge is 0.318 e. The first-order valence-corrected chi connectivity index (χ1v) is 14.6. The Hall–Kier alpha value is -4.03. The van der Waals surface area contributed by atoms with E-state index >= 15 is 0 Å². The van der Waals surface area contributed by atoms with Crippen molar-refractivity contribution < 1.29 is 23.7 Å². The molecule has 1 aromatic carbocycles. The zero-order valence-electron chi connectivity index (χ0n) is 23.2. The molecule has 216 valence electrons. The number of carbonyl (C=O) groups excluding carboxylic acids is 3. The number of amides is 3. The number of nitrogens with zero attached hydrogens (tertiary/aromatic N) is 3. The largest absolute Gasteiger partial charge is 0.458 e. The molecular formula is C29H33N5O6S. The molecule has 2 fully saturated rings. The molecule has 4 unspecified atom stereocenters. The van der Waals surface area contributed by atoms with Crippen LogP contribution in [0.2, 0.25) is 0 Å². The number of furan rings is 1. The van der Waals surface area contributed by atoms with E-state index in [1.165, 1.54) is 28.4 Å². The third-order valence-corrected chi connectivity index (χ3v) is 8.94. The van der Waals surface area contributed by atoms with Crippen molar-refractivity contribution in [3.8, 4) is 0 Å². The van der Waals surface area contributed by atoms with Crippen LogP contribution in [-0.2, 0) is 4.79 Å². The van der Waals surface area contributed by atoms with E-state index < -0.39 is 34.9 Å². The standard InChI is InChI=1S/C29H33N5O6S/c1-4-31-29(37)33-24(19-6-5-7-20(16-19)34(38)39)22(26(35)21-9-8-18(3)40-21)23(27-17(2)10-15-41-27)25(33)28(36)32-13-11-30-12-14-32/h5-10,15-16,22-25,30H,4,11-14H2,1-3H3,(H,31,37). The average Bonchev–Trinajstić information content (AvgIpc) is 3.69. The van der Waals surface area contributed by atoms with Gasteiger partial charge in [0, 0.05) is 55.7 Å². The first-order valence-electron chi connectivity index (χ1n) is 13.7. The van der Waals surface area contributed by atoms with Crippen molar-refractivity contribution in [3.63, 3.8) is 0 Å². The molecule has 2 saturated heterocycles. The Morgan fingerprint density at radius 2 is 1.90 bits per heavy atom. The van der Waals surface area contributed by atoms with Crippen molar-refractivity contribution in [2.24, 2.45) is 5.92 Å². The van der Waals surface area contributed by atoms with Crippen LogP contribution in [0.5, 0.6) is 0 Å². The highest BCUT2D eigenvalue weighted by molar-refractivity contribution is 7.10. The molecule has 0 bridgehead atoms. The molecule has 2 aromatic heterocycles. The maximum absolute atomic E-state index is 14.4. The molecule has 0 saturated carbocycles. The van der Waals surface area contributed by atoms with Crippen LogP contribution in [0.4, 0.5) is 10.5 Å². The van der Waals surface area contributed by atoms with Crippen molar-refractivity contribution >= 4 is 34.7 Å². The van der Waals surface area contributed by atoms with E-state index in [2.05, 4.69) is 10.6 Å². The quantitative estimate of drug-likeness (QED) is 0.245. The molecule has 0 radical (unpaired) electrons. The number of aryl methyl sites for hydroxylation is 2. The molecule has 11 nitrogen and oxygen atoms in total. The van der Waals surface area contributed by atoms with E-state index in [0.717, 1.165) is 10.4 Å². The number of urea groups is 1. The molecule has 41 heavy (non-hydrogen) atoms. The summed E-state index contributed by atoms with van der Waals surface area (Å²) in [6.45, 7) is 7.90. The lowest BCUT2D eigenvalue weighted by Gasteiger charge is -2.36. The van der Waals surface area contributed by atoms with Crippen LogP contribution >= 0.6 is 11.3 Å². The van der Waals surface area contributed by atoms with E-state index in [1.54, 1.807) is 43.0 Å². The Morgan fingerprint density at radius 1 is 1.15 bits per heavy atom. The van der Waals surface area contributed by atoms with E-state index in [4.69, 9.17) is 4.42 Å². The molecule has 2 aliphatic heterocycles. The second-order valence-electron chi connectivity index (χ2n) is 10.4. The Bertz CT molecular complexity index is 1460. The summed E-state index contributed by atoms with van der Waals surface area (Å²) in [6.07, 6.45) is 0. The lowest BCUT2D eigenvalue weighted by Crippen LogP contribution is -2.56. The van der Waals surface area contributed by atoms with Gasteiger partial charge in [0.15, 0.2) is 5.76 Å². The van der Waals surface area contributed by atoms with Crippen molar-refractivity contribution in [3.05, 3.63) is 85.5 Å². The number of nitro benzene ring substituents is 1. The predicted octanol–water partition coefficient (Wildman–Crippen LogP) is 4.04. The SMILES string of the molecule is CCNC(=O)N1C(C(=O)N2CCNCC2)C(c2sccc2C)C(C(=O)c2ccc(C)o2)C1c1cccc([N+](=O)[O-])c1. The first-order chi connectivity index (χ1) is 19.7. The van der Waals surface area contributed by atoms with Gasteiger partial charge in [-0.3, -0.25) is 19.7 Å². The molecule has 2 N–H and O–H groups in total. The third-order valence-electron chi connectivity index (χ3n) is 7.82. The molecule has 5 rings (SSSR count). The monoisotopic (exact) mass is 579 g/mol. The molecule has 3 aromatic rings. The number of nitro groups is 1. The van der Waals surface area contributed by atoms with Gasteiger partial charge in [0.2, 0.25) is 11.7 Å². The van der Waals surface area contributed by atoms with Crippen LogP contribution < -0.4 is 10.6 Å². The highest BCUT2D eigenvalue weighted by Gasteiger charge is 2.59. The number of non-ortho nitro benzene ring substituents is 1. The summed E-state index contributed by atoms with van der Waals surface area (Å²) < 4.78 is 5.78. The number of likely N-dealkylation sites (tertiary alicyclic amines) is 1. The lowest BCUT2D eigenvalue weighted by atomic mass is 9.79. The highest BCUT2D eigenvalue weighted by atomic mass is 32.1. The second-order valence-corrected chi connectivity index (χ2v) is 11.3. The average molecular weight is 580 g/mol. The van der Waals surface area contributed by atoms with Gasteiger partial charge in [0.05, 0.1) is 16.9 Å². The number of carbonyl (C=O) groups is 3. The fourth-order valence-corrected chi connectivity index (χ4v) is 7.12. The summed E-state index contributed by atoms with van der Waals surface area (Å²) in [5, 5.41) is 19.8. The highest BCUT2D eigenvalue weighted by Crippen LogP contribution is 2.53. The number of benzene rings is 1. The molecular weight excluding hydrogens is 546 g/mol. The summed E-state index contributed by atoms with van der Waals surface area (Å²) in [5.74, 6) is -1.60. The normalized spacial score (nSPS) is 22.5. The summed E-state index contributed by atoms with van der Waals surface area (Å²) in [7, 11) is 0. The van der Waals surface area contributed by atoms with Crippen molar-refractivity contribution in [2.75, 3.05) is 32.7 Å². The second kappa shape index (κ2) is 11.8. The number of ketones is 1. The minimum atomic E-state index is -1.02. The Balaban J connectivity index is 1.77. The van der Waals surface area contributed by atoms with Gasteiger partial charge < -0.3 is 24.9 Å². The maximum atomic E-state index is 14.4. The number of hydrogen-bond acceptors (Lipinski definition) is 8. The zero-order chi connectivity index (χ0) is 29.3. The fourth-order valence-electron chi connectivity index (χ4n) is 6.01.